The number of guanidine groups is 1. The highest BCUT2D eigenvalue weighted by Crippen LogP contribution is 2.25. The van der Waals surface area contributed by atoms with Gasteiger partial charge in [-0.05, 0) is 69.1 Å². The van der Waals surface area contributed by atoms with Crippen LogP contribution in [0.1, 0.15) is 37.1 Å². The van der Waals surface area contributed by atoms with Crippen molar-refractivity contribution in [2.75, 3.05) is 39.0 Å². The molecule has 172 valence electrons. The molecule has 1 aliphatic heterocycles. The Morgan fingerprint density at radius 3 is 2.45 bits per heavy atom. The summed E-state index contributed by atoms with van der Waals surface area (Å²) in [4.78, 5) is 7.59. The topological polar surface area (TPSA) is 86.9 Å². The molecule has 2 aromatic rings. The van der Waals surface area contributed by atoms with Crippen LogP contribution in [-0.2, 0) is 16.3 Å². The van der Waals surface area contributed by atoms with Crippen LogP contribution in [-0.4, -0.2) is 58.3 Å². The standard InChI is InChI=1S/C22H32N4O3S.HI/c1-3-23-22(24-13-12-18-8-10-19(11-9-18)30(2,27)28)25-17-20(21-7-6-16-29-21)26-14-4-5-15-26;/h6-11,16,20H,3-5,12-15,17H2,1-2H3,(H2,23,24,25);1H. The lowest BCUT2D eigenvalue weighted by Crippen LogP contribution is -2.39. The van der Waals surface area contributed by atoms with Crippen molar-refractivity contribution < 1.29 is 12.8 Å². The van der Waals surface area contributed by atoms with E-state index >= 15 is 0 Å². The average molecular weight is 561 g/mol. The van der Waals surface area contributed by atoms with E-state index in [0.29, 0.717) is 18.0 Å². The van der Waals surface area contributed by atoms with Gasteiger partial charge >= 0.3 is 0 Å². The lowest BCUT2D eigenvalue weighted by atomic mass is 10.1. The zero-order chi connectivity index (χ0) is 21.4. The zero-order valence-corrected chi connectivity index (χ0v) is 21.4. The summed E-state index contributed by atoms with van der Waals surface area (Å²) in [6, 6.07) is 11.2. The second-order valence-electron chi connectivity index (χ2n) is 7.59. The number of likely N-dealkylation sites (tertiary alicyclic amines) is 1. The van der Waals surface area contributed by atoms with Crippen molar-refractivity contribution in [2.45, 2.75) is 37.1 Å². The fourth-order valence-electron chi connectivity index (χ4n) is 3.67. The van der Waals surface area contributed by atoms with Crippen LogP contribution in [0.15, 0.2) is 57.0 Å². The summed E-state index contributed by atoms with van der Waals surface area (Å²) in [5, 5.41) is 6.68. The van der Waals surface area contributed by atoms with E-state index in [0.717, 1.165) is 43.3 Å². The summed E-state index contributed by atoms with van der Waals surface area (Å²) in [6.45, 7) is 6.32. The van der Waals surface area contributed by atoms with Gasteiger partial charge in [0.25, 0.3) is 0 Å². The predicted octanol–water partition coefficient (Wildman–Crippen LogP) is 3.24. The van der Waals surface area contributed by atoms with Crippen LogP contribution in [0, 0.1) is 0 Å². The van der Waals surface area contributed by atoms with Crippen LogP contribution in [0.4, 0.5) is 0 Å². The molecule has 2 N–H and O–H groups in total. The first-order valence-corrected chi connectivity index (χ1v) is 12.4. The van der Waals surface area contributed by atoms with Gasteiger partial charge in [-0.2, -0.15) is 0 Å². The molecule has 0 aliphatic carbocycles. The second kappa shape index (κ2) is 12.4. The largest absolute Gasteiger partial charge is 0.468 e. The minimum Gasteiger partial charge on any atom is -0.468 e. The number of aliphatic imine (C=N–C) groups is 1. The number of nitrogens with zero attached hydrogens (tertiary/aromatic N) is 2. The van der Waals surface area contributed by atoms with E-state index in [4.69, 9.17) is 9.41 Å². The molecule has 7 nitrogen and oxygen atoms in total. The van der Waals surface area contributed by atoms with Crippen molar-refractivity contribution in [3.05, 3.63) is 54.0 Å². The molecule has 0 saturated carbocycles. The molecule has 0 amide bonds. The molecule has 9 heteroatoms. The van der Waals surface area contributed by atoms with Gasteiger partial charge in [0.15, 0.2) is 15.8 Å². The zero-order valence-electron chi connectivity index (χ0n) is 18.2. The molecule has 1 atom stereocenters. The Morgan fingerprint density at radius 2 is 1.87 bits per heavy atom. The normalized spacial score (nSPS) is 16.0. The van der Waals surface area contributed by atoms with E-state index in [2.05, 4.69) is 15.5 Å². The Balaban J connectivity index is 0.00000341. The molecule has 1 fully saturated rings. The Morgan fingerprint density at radius 1 is 1.16 bits per heavy atom. The number of hydrogen-bond donors (Lipinski definition) is 2. The van der Waals surface area contributed by atoms with E-state index in [1.807, 2.05) is 31.2 Å². The number of nitrogens with one attached hydrogen (secondary N) is 2. The van der Waals surface area contributed by atoms with Crippen LogP contribution in [0.5, 0.6) is 0 Å². The minimum absolute atomic E-state index is 0. The summed E-state index contributed by atoms with van der Waals surface area (Å²) in [5.74, 6) is 1.74. The van der Waals surface area contributed by atoms with Gasteiger partial charge in [-0.1, -0.05) is 12.1 Å². The Labute approximate surface area is 202 Å². The SMILES string of the molecule is CCNC(=NCC(c1ccco1)N1CCCC1)NCCc1ccc(S(C)(=O)=O)cc1.I. The van der Waals surface area contributed by atoms with Crippen LogP contribution in [0.3, 0.4) is 0 Å². The van der Waals surface area contributed by atoms with Crippen LogP contribution < -0.4 is 10.6 Å². The number of halogens is 1. The number of sulfone groups is 1. The van der Waals surface area contributed by atoms with E-state index in [1.54, 1.807) is 18.4 Å². The smallest absolute Gasteiger partial charge is 0.191 e. The first-order valence-electron chi connectivity index (χ1n) is 10.6. The van der Waals surface area contributed by atoms with Gasteiger partial charge in [0.2, 0.25) is 0 Å². The Hall–Kier alpha value is -1.59. The number of hydrogen-bond acceptors (Lipinski definition) is 5. The lowest BCUT2D eigenvalue weighted by Gasteiger charge is -2.24. The molecule has 0 spiro atoms. The fourth-order valence-corrected chi connectivity index (χ4v) is 4.30. The monoisotopic (exact) mass is 560 g/mol. The van der Waals surface area contributed by atoms with Crippen molar-refractivity contribution in [1.29, 1.82) is 0 Å². The minimum atomic E-state index is -3.16. The molecular weight excluding hydrogens is 527 g/mol. The second-order valence-corrected chi connectivity index (χ2v) is 9.60. The van der Waals surface area contributed by atoms with Gasteiger partial charge in [0, 0.05) is 19.3 Å². The highest BCUT2D eigenvalue weighted by molar-refractivity contribution is 14.0. The first-order chi connectivity index (χ1) is 14.5. The van der Waals surface area contributed by atoms with Gasteiger partial charge in [0.1, 0.15) is 5.76 Å². The van der Waals surface area contributed by atoms with E-state index in [9.17, 15) is 8.42 Å². The van der Waals surface area contributed by atoms with Crippen molar-refractivity contribution in [1.82, 2.24) is 15.5 Å². The molecule has 3 rings (SSSR count). The van der Waals surface area contributed by atoms with Crippen LogP contribution in [0.2, 0.25) is 0 Å². The summed E-state index contributed by atoms with van der Waals surface area (Å²) in [7, 11) is -3.16. The Kier molecular flexibility index (Phi) is 10.3. The van der Waals surface area contributed by atoms with Crippen LogP contribution >= 0.6 is 24.0 Å². The Bertz CT molecular complexity index is 909. The predicted molar refractivity (Wildman–Crippen MR) is 135 cm³/mol. The van der Waals surface area contributed by atoms with Gasteiger partial charge in [-0.15, -0.1) is 24.0 Å². The van der Waals surface area contributed by atoms with Gasteiger partial charge in [0.05, 0.1) is 23.7 Å². The van der Waals surface area contributed by atoms with E-state index in [1.165, 1.54) is 19.1 Å². The van der Waals surface area contributed by atoms with Gasteiger partial charge in [-0.3, -0.25) is 9.89 Å². The van der Waals surface area contributed by atoms with Crippen molar-refractivity contribution in [3.8, 4) is 0 Å². The van der Waals surface area contributed by atoms with Crippen molar-refractivity contribution in [3.63, 3.8) is 0 Å². The molecular formula is C22H33IN4O3S. The maximum atomic E-state index is 11.6. The first kappa shape index (κ1) is 25.7. The molecule has 0 bridgehead atoms. The highest BCUT2D eigenvalue weighted by Gasteiger charge is 2.25. The number of benzene rings is 1. The average Bonchev–Trinajstić information content (AvgIpc) is 3.43. The molecule has 1 aliphatic rings. The van der Waals surface area contributed by atoms with Crippen LogP contribution in [0.25, 0.3) is 0 Å². The summed E-state index contributed by atoms with van der Waals surface area (Å²) < 4.78 is 28.8. The third-order valence-corrected chi connectivity index (χ3v) is 6.41. The number of rotatable bonds is 9. The van der Waals surface area contributed by atoms with Crippen molar-refractivity contribution >= 4 is 39.8 Å². The van der Waals surface area contributed by atoms with Gasteiger partial charge in [-0.25, -0.2) is 8.42 Å². The summed E-state index contributed by atoms with van der Waals surface area (Å²) in [6.07, 6.45) is 6.17. The molecule has 1 unspecified atom stereocenters. The molecule has 2 heterocycles. The number of furan rings is 1. The fraction of sp³-hybridized carbons (Fsp3) is 0.500. The molecule has 1 saturated heterocycles. The third kappa shape index (κ3) is 7.80. The maximum absolute atomic E-state index is 11.6. The summed E-state index contributed by atoms with van der Waals surface area (Å²) in [5.41, 5.74) is 1.08. The third-order valence-electron chi connectivity index (χ3n) is 5.28. The van der Waals surface area contributed by atoms with Gasteiger partial charge < -0.3 is 15.1 Å². The molecule has 31 heavy (non-hydrogen) atoms. The quantitative estimate of drug-likeness (QED) is 0.278. The molecule has 1 aromatic heterocycles. The summed E-state index contributed by atoms with van der Waals surface area (Å²) >= 11 is 0. The highest BCUT2D eigenvalue weighted by atomic mass is 127. The lowest BCUT2D eigenvalue weighted by molar-refractivity contribution is 0.221. The van der Waals surface area contributed by atoms with E-state index < -0.39 is 9.84 Å². The molecule has 1 aromatic carbocycles. The van der Waals surface area contributed by atoms with E-state index in [-0.39, 0.29) is 30.0 Å². The van der Waals surface area contributed by atoms with Crippen molar-refractivity contribution in [2.24, 2.45) is 4.99 Å². The molecule has 0 radical (unpaired) electrons. The maximum Gasteiger partial charge on any atom is 0.191 e.